The van der Waals surface area contributed by atoms with Crippen LogP contribution in [-0.4, -0.2) is 26.6 Å². The SMILES string of the molecule is O=C(CS(=O)(=O)Cc1cccc(C(F)(F)F)c1)NCC1CC1. The Balaban J connectivity index is 1.97. The van der Waals surface area contributed by atoms with Crippen LogP contribution < -0.4 is 5.32 Å². The molecule has 1 aliphatic rings. The van der Waals surface area contributed by atoms with Crippen LogP contribution in [-0.2, 0) is 26.6 Å². The van der Waals surface area contributed by atoms with Crippen LogP contribution >= 0.6 is 0 Å². The van der Waals surface area contributed by atoms with Crippen molar-refractivity contribution >= 4 is 15.7 Å². The van der Waals surface area contributed by atoms with Gasteiger partial charge in [0, 0.05) is 6.54 Å². The van der Waals surface area contributed by atoms with E-state index in [4.69, 9.17) is 0 Å². The molecular formula is C14H16F3NO3S. The van der Waals surface area contributed by atoms with Crippen molar-refractivity contribution < 1.29 is 26.4 Å². The predicted octanol–water partition coefficient (Wildman–Crippen LogP) is 2.15. The van der Waals surface area contributed by atoms with E-state index in [9.17, 15) is 26.4 Å². The summed E-state index contributed by atoms with van der Waals surface area (Å²) in [5.41, 5.74) is -0.886. The zero-order valence-electron chi connectivity index (χ0n) is 11.7. The molecule has 0 atom stereocenters. The fourth-order valence-corrected chi connectivity index (χ4v) is 3.26. The second-order valence-corrected chi connectivity index (χ2v) is 7.54. The third kappa shape index (κ3) is 5.32. The molecule has 1 saturated carbocycles. The maximum Gasteiger partial charge on any atom is 0.416 e. The minimum atomic E-state index is -4.53. The molecule has 1 N–H and O–H groups in total. The molecule has 1 fully saturated rings. The molecule has 122 valence electrons. The molecule has 0 unspecified atom stereocenters. The average Bonchev–Trinajstić information content (AvgIpc) is 3.18. The van der Waals surface area contributed by atoms with Gasteiger partial charge in [-0.15, -0.1) is 0 Å². The first kappa shape index (κ1) is 16.8. The first-order valence-electron chi connectivity index (χ1n) is 6.79. The molecule has 8 heteroatoms. The first-order chi connectivity index (χ1) is 10.2. The van der Waals surface area contributed by atoms with E-state index in [1.807, 2.05) is 0 Å². The highest BCUT2D eigenvalue weighted by Crippen LogP contribution is 2.30. The highest BCUT2D eigenvalue weighted by Gasteiger charge is 2.31. The van der Waals surface area contributed by atoms with Gasteiger partial charge in [0.15, 0.2) is 9.84 Å². The Morgan fingerprint density at radius 1 is 1.27 bits per heavy atom. The van der Waals surface area contributed by atoms with Crippen LogP contribution in [0.3, 0.4) is 0 Å². The molecule has 0 bridgehead atoms. The fourth-order valence-electron chi connectivity index (χ4n) is 1.97. The quantitative estimate of drug-likeness (QED) is 0.866. The van der Waals surface area contributed by atoms with Gasteiger partial charge < -0.3 is 5.32 Å². The normalized spacial score (nSPS) is 15.6. The van der Waals surface area contributed by atoms with E-state index >= 15 is 0 Å². The predicted molar refractivity (Wildman–Crippen MR) is 74.7 cm³/mol. The van der Waals surface area contributed by atoms with Crippen molar-refractivity contribution in [2.45, 2.75) is 24.8 Å². The van der Waals surface area contributed by atoms with Gasteiger partial charge in [0.05, 0.1) is 11.3 Å². The van der Waals surface area contributed by atoms with Gasteiger partial charge in [-0.1, -0.05) is 18.2 Å². The van der Waals surface area contributed by atoms with Crippen LogP contribution in [0.25, 0.3) is 0 Å². The third-order valence-corrected chi connectivity index (χ3v) is 4.75. The van der Waals surface area contributed by atoms with E-state index in [2.05, 4.69) is 5.32 Å². The summed E-state index contributed by atoms with van der Waals surface area (Å²) < 4.78 is 61.5. The first-order valence-corrected chi connectivity index (χ1v) is 8.61. The number of hydrogen-bond donors (Lipinski definition) is 1. The molecule has 1 aliphatic carbocycles. The molecule has 0 aliphatic heterocycles. The Hall–Kier alpha value is -1.57. The molecule has 0 aromatic heterocycles. The molecular weight excluding hydrogens is 319 g/mol. The lowest BCUT2D eigenvalue weighted by molar-refractivity contribution is -0.137. The Kier molecular flexibility index (Phi) is 4.79. The van der Waals surface area contributed by atoms with Gasteiger partial charge in [-0.05, 0) is 30.4 Å². The molecule has 0 saturated heterocycles. The lowest BCUT2D eigenvalue weighted by Gasteiger charge is -2.09. The number of benzene rings is 1. The van der Waals surface area contributed by atoms with Crippen LogP contribution in [0.2, 0.25) is 0 Å². The van der Waals surface area contributed by atoms with Crippen molar-refractivity contribution in [3.05, 3.63) is 35.4 Å². The zero-order chi connectivity index (χ0) is 16.4. The van der Waals surface area contributed by atoms with Crippen molar-refractivity contribution in [1.29, 1.82) is 0 Å². The molecule has 1 aromatic carbocycles. The second-order valence-electron chi connectivity index (χ2n) is 5.48. The lowest BCUT2D eigenvalue weighted by Crippen LogP contribution is -2.32. The summed E-state index contributed by atoms with van der Waals surface area (Å²) >= 11 is 0. The van der Waals surface area contributed by atoms with Gasteiger partial charge in [-0.25, -0.2) is 8.42 Å². The standard InChI is InChI=1S/C14H16F3NO3S/c15-14(16,17)12-3-1-2-11(6-12)8-22(20,21)9-13(19)18-7-10-4-5-10/h1-3,6,10H,4-5,7-9H2,(H,18,19). The van der Waals surface area contributed by atoms with E-state index in [0.717, 1.165) is 31.0 Å². The molecule has 4 nitrogen and oxygen atoms in total. The summed E-state index contributed by atoms with van der Waals surface area (Å²) in [6, 6.07) is 4.12. The Bertz CT molecular complexity index is 652. The number of carbonyl (C=O) groups excluding carboxylic acids is 1. The van der Waals surface area contributed by atoms with Crippen molar-refractivity contribution in [2.24, 2.45) is 5.92 Å². The fraction of sp³-hybridized carbons (Fsp3) is 0.500. The van der Waals surface area contributed by atoms with Gasteiger partial charge >= 0.3 is 6.18 Å². The minimum absolute atomic E-state index is 0.0183. The third-order valence-electron chi connectivity index (χ3n) is 3.28. The number of amides is 1. The van der Waals surface area contributed by atoms with Crippen LogP contribution in [0.15, 0.2) is 24.3 Å². The minimum Gasteiger partial charge on any atom is -0.355 e. The van der Waals surface area contributed by atoms with E-state index < -0.39 is 39.0 Å². The maximum absolute atomic E-state index is 12.6. The zero-order valence-corrected chi connectivity index (χ0v) is 12.5. The van der Waals surface area contributed by atoms with Crippen molar-refractivity contribution in [3.63, 3.8) is 0 Å². The lowest BCUT2D eigenvalue weighted by atomic mass is 10.1. The topological polar surface area (TPSA) is 63.2 Å². The van der Waals surface area contributed by atoms with Gasteiger partial charge in [0.1, 0.15) is 5.75 Å². The highest BCUT2D eigenvalue weighted by atomic mass is 32.2. The number of nitrogens with one attached hydrogen (secondary N) is 1. The van der Waals surface area contributed by atoms with Crippen molar-refractivity contribution in [1.82, 2.24) is 5.32 Å². The maximum atomic E-state index is 12.6. The largest absolute Gasteiger partial charge is 0.416 e. The van der Waals surface area contributed by atoms with Crippen LogP contribution in [0.4, 0.5) is 13.2 Å². The van der Waals surface area contributed by atoms with Crippen LogP contribution in [0.1, 0.15) is 24.0 Å². The number of carbonyl (C=O) groups is 1. The Morgan fingerprint density at radius 2 is 1.95 bits per heavy atom. The summed E-state index contributed by atoms with van der Waals surface area (Å²) in [6.45, 7) is 0.456. The summed E-state index contributed by atoms with van der Waals surface area (Å²) in [7, 11) is -3.80. The molecule has 0 radical (unpaired) electrons. The summed E-state index contributed by atoms with van der Waals surface area (Å²) in [6.07, 6.45) is -2.48. The number of hydrogen-bond acceptors (Lipinski definition) is 3. The van der Waals surface area contributed by atoms with Crippen molar-refractivity contribution in [2.75, 3.05) is 12.3 Å². The summed E-state index contributed by atoms with van der Waals surface area (Å²) in [5, 5.41) is 2.52. The smallest absolute Gasteiger partial charge is 0.355 e. The number of alkyl halides is 3. The van der Waals surface area contributed by atoms with Gasteiger partial charge in [-0.3, -0.25) is 4.79 Å². The Morgan fingerprint density at radius 3 is 2.55 bits per heavy atom. The monoisotopic (exact) mass is 335 g/mol. The van der Waals surface area contributed by atoms with Crippen LogP contribution in [0, 0.1) is 5.92 Å². The van der Waals surface area contributed by atoms with Gasteiger partial charge in [-0.2, -0.15) is 13.2 Å². The molecule has 0 spiro atoms. The van der Waals surface area contributed by atoms with E-state index in [0.29, 0.717) is 12.5 Å². The second kappa shape index (κ2) is 6.28. The summed E-state index contributed by atoms with van der Waals surface area (Å²) in [5.74, 6) is -1.49. The summed E-state index contributed by atoms with van der Waals surface area (Å²) in [4.78, 5) is 11.5. The average molecular weight is 335 g/mol. The molecule has 1 amide bonds. The molecule has 22 heavy (non-hydrogen) atoms. The molecule has 1 aromatic rings. The van der Waals surface area contributed by atoms with Gasteiger partial charge in [0.2, 0.25) is 5.91 Å². The Labute approximate surface area is 126 Å². The van der Waals surface area contributed by atoms with E-state index in [-0.39, 0.29) is 5.56 Å². The number of sulfone groups is 1. The number of rotatable bonds is 6. The van der Waals surface area contributed by atoms with Gasteiger partial charge in [0.25, 0.3) is 0 Å². The van der Waals surface area contributed by atoms with Crippen molar-refractivity contribution in [3.8, 4) is 0 Å². The van der Waals surface area contributed by atoms with Crippen LogP contribution in [0.5, 0.6) is 0 Å². The highest BCUT2D eigenvalue weighted by molar-refractivity contribution is 7.91. The van der Waals surface area contributed by atoms with E-state index in [1.54, 1.807) is 0 Å². The molecule has 2 rings (SSSR count). The molecule has 0 heterocycles. The van der Waals surface area contributed by atoms with E-state index in [1.165, 1.54) is 6.07 Å². The number of halogens is 3.